The van der Waals surface area contributed by atoms with Gasteiger partial charge in [0.05, 0.1) is 11.9 Å². The zero-order valence-corrected chi connectivity index (χ0v) is 8.42. The van der Waals surface area contributed by atoms with E-state index < -0.39 is 23.7 Å². The first-order valence-electron chi connectivity index (χ1n) is 4.61. The summed E-state index contributed by atoms with van der Waals surface area (Å²) in [6.07, 6.45) is 0.806. The maximum atomic E-state index is 12.8. The van der Waals surface area contributed by atoms with Crippen LogP contribution in [0.2, 0.25) is 0 Å². The van der Waals surface area contributed by atoms with Crippen molar-refractivity contribution in [1.82, 2.24) is 14.8 Å². The zero-order valence-electron chi connectivity index (χ0n) is 8.42. The lowest BCUT2D eigenvalue weighted by Gasteiger charge is -2.06. The Bertz CT molecular complexity index is 540. The highest BCUT2D eigenvalue weighted by Gasteiger charge is 2.24. The largest absolute Gasteiger partial charge is 0.478 e. The van der Waals surface area contributed by atoms with Gasteiger partial charge in [-0.3, -0.25) is 4.98 Å². The fraction of sp³-hybridized carbons (Fsp3) is 0.100. The molecule has 2 aromatic rings. The number of nitrogens with zero attached hydrogens (tertiary/aromatic N) is 3. The number of carboxylic acid groups (broad SMARTS) is 1. The highest BCUT2D eigenvalue weighted by atomic mass is 19.3. The molecule has 0 atom stereocenters. The molecule has 0 aromatic carbocycles. The lowest BCUT2D eigenvalue weighted by Crippen LogP contribution is -2.07. The van der Waals surface area contributed by atoms with Crippen LogP contribution < -0.4 is 0 Å². The van der Waals surface area contributed by atoms with Crippen molar-refractivity contribution in [1.29, 1.82) is 0 Å². The summed E-state index contributed by atoms with van der Waals surface area (Å²) < 4.78 is 26.6. The van der Waals surface area contributed by atoms with Crippen LogP contribution in [0.1, 0.15) is 22.5 Å². The topological polar surface area (TPSA) is 68.0 Å². The number of rotatable bonds is 3. The van der Waals surface area contributed by atoms with Gasteiger partial charge in [-0.15, -0.1) is 0 Å². The summed E-state index contributed by atoms with van der Waals surface area (Å²) in [4.78, 5) is 14.5. The van der Waals surface area contributed by atoms with Gasteiger partial charge in [0.1, 0.15) is 11.3 Å². The first-order chi connectivity index (χ1) is 8.11. The fourth-order valence-electron chi connectivity index (χ4n) is 1.42. The summed E-state index contributed by atoms with van der Waals surface area (Å²) >= 11 is 0. The number of hydrogen-bond donors (Lipinski definition) is 1. The lowest BCUT2D eigenvalue weighted by molar-refractivity contribution is 0.0683. The summed E-state index contributed by atoms with van der Waals surface area (Å²) in [6.45, 7) is 0. The van der Waals surface area contributed by atoms with Gasteiger partial charge < -0.3 is 5.11 Å². The van der Waals surface area contributed by atoms with Gasteiger partial charge in [0.2, 0.25) is 0 Å². The third-order valence-electron chi connectivity index (χ3n) is 2.15. The maximum absolute atomic E-state index is 12.8. The minimum Gasteiger partial charge on any atom is -0.478 e. The van der Waals surface area contributed by atoms with Crippen LogP contribution in [-0.2, 0) is 0 Å². The minimum atomic E-state index is -2.92. The Balaban J connectivity index is 2.60. The molecular formula is C10H7F2N3O2. The maximum Gasteiger partial charge on any atom is 0.339 e. The Morgan fingerprint density at radius 1 is 1.35 bits per heavy atom. The van der Waals surface area contributed by atoms with E-state index in [2.05, 4.69) is 10.1 Å². The van der Waals surface area contributed by atoms with Crippen LogP contribution in [-0.4, -0.2) is 25.8 Å². The molecular weight excluding hydrogens is 232 g/mol. The van der Waals surface area contributed by atoms with Crippen molar-refractivity contribution in [2.24, 2.45) is 0 Å². The molecule has 0 radical (unpaired) electrons. The van der Waals surface area contributed by atoms with Crippen LogP contribution in [0.3, 0.4) is 0 Å². The van der Waals surface area contributed by atoms with Crippen LogP contribution in [0.4, 0.5) is 8.78 Å². The number of pyridine rings is 1. The molecule has 0 spiro atoms. The van der Waals surface area contributed by atoms with Gasteiger partial charge in [-0.1, -0.05) is 0 Å². The van der Waals surface area contributed by atoms with Crippen molar-refractivity contribution in [3.8, 4) is 5.69 Å². The van der Waals surface area contributed by atoms with Gasteiger partial charge in [0.15, 0.2) is 0 Å². The average Bonchev–Trinajstić information content (AvgIpc) is 2.74. The molecule has 88 valence electrons. The second kappa shape index (κ2) is 4.28. The Morgan fingerprint density at radius 3 is 2.53 bits per heavy atom. The first-order valence-corrected chi connectivity index (χ1v) is 4.61. The third kappa shape index (κ3) is 1.99. The molecule has 2 heterocycles. The molecule has 0 unspecified atom stereocenters. The first kappa shape index (κ1) is 11.2. The summed E-state index contributed by atoms with van der Waals surface area (Å²) in [5.74, 6) is -1.43. The van der Waals surface area contributed by atoms with Gasteiger partial charge in [-0.2, -0.15) is 5.10 Å². The summed E-state index contributed by atoms with van der Waals surface area (Å²) in [5.41, 5.74) is -0.802. The van der Waals surface area contributed by atoms with E-state index in [-0.39, 0.29) is 0 Å². The molecule has 0 aliphatic carbocycles. The monoisotopic (exact) mass is 239 g/mol. The second-order valence-electron chi connectivity index (χ2n) is 3.17. The van der Waals surface area contributed by atoms with Crippen LogP contribution >= 0.6 is 0 Å². The molecule has 0 fully saturated rings. The molecule has 2 rings (SSSR count). The van der Waals surface area contributed by atoms with Crippen LogP contribution in [0.5, 0.6) is 0 Å². The minimum absolute atomic E-state index is 0.336. The molecule has 0 bridgehead atoms. The number of aromatic nitrogens is 3. The summed E-state index contributed by atoms with van der Waals surface area (Å²) in [6, 6.07) is 2.93. The number of carboxylic acids is 1. The normalized spacial score (nSPS) is 10.8. The van der Waals surface area contributed by atoms with Crippen LogP contribution in [0.25, 0.3) is 5.69 Å². The molecule has 0 amide bonds. The van der Waals surface area contributed by atoms with Crippen molar-refractivity contribution in [2.45, 2.75) is 6.43 Å². The van der Waals surface area contributed by atoms with Gasteiger partial charge in [-0.05, 0) is 12.1 Å². The predicted molar refractivity (Wildman–Crippen MR) is 53.3 cm³/mol. The van der Waals surface area contributed by atoms with Gasteiger partial charge >= 0.3 is 5.97 Å². The molecule has 0 saturated carbocycles. The van der Waals surface area contributed by atoms with E-state index in [0.29, 0.717) is 5.69 Å². The Kier molecular flexibility index (Phi) is 2.82. The molecule has 2 aromatic heterocycles. The third-order valence-corrected chi connectivity index (χ3v) is 2.15. The van der Waals surface area contributed by atoms with Crippen LogP contribution in [0.15, 0.2) is 30.7 Å². The number of aromatic carboxylic acids is 1. The van der Waals surface area contributed by atoms with Gasteiger partial charge in [0.25, 0.3) is 6.43 Å². The average molecular weight is 239 g/mol. The highest BCUT2D eigenvalue weighted by Crippen LogP contribution is 2.25. The number of carbonyl (C=O) groups is 1. The van der Waals surface area contributed by atoms with Crippen LogP contribution in [0, 0.1) is 0 Å². The molecule has 0 aliphatic heterocycles. The SMILES string of the molecule is O=C(O)c1cnn(-c2ccncc2)c1C(F)F. The number of alkyl halides is 2. The Hall–Kier alpha value is -2.31. The highest BCUT2D eigenvalue weighted by molar-refractivity contribution is 5.88. The van der Waals surface area contributed by atoms with Crippen molar-refractivity contribution >= 4 is 5.97 Å². The zero-order chi connectivity index (χ0) is 12.4. The van der Waals surface area contributed by atoms with Crippen molar-refractivity contribution in [2.75, 3.05) is 0 Å². The van der Waals surface area contributed by atoms with E-state index in [1.165, 1.54) is 24.5 Å². The van der Waals surface area contributed by atoms with E-state index in [0.717, 1.165) is 10.9 Å². The lowest BCUT2D eigenvalue weighted by atomic mass is 10.2. The Labute approximate surface area is 94.3 Å². The van der Waals surface area contributed by atoms with Crippen molar-refractivity contribution in [3.05, 3.63) is 42.0 Å². The van der Waals surface area contributed by atoms with E-state index in [9.17, 15) is 13.6 Å². The fourth-order valence-corrected chi connectivity index (χ4v) is 1.42. The molecule has 0 saturated heterocycles. The van der Waals surface area contributed by atoms with E-state index >= 15 is 0 Å². The molecule has 0 aliphatic rings. The summed E-state index contributed by atoms with van der Waals surface area (Å²) in [7, 11) is 0. The molecule has 7 heteroatoms. The smallest absolute Gasteiger partial charge is 0.339 e. The van der Waals surface area contributed by atoms with E-state index in [1.54, 1.807) is 0 Å². The number of halogens is 2. The van der Waals surface area contributed by atoms with E-state index in [4.69, 9.17) is 5.11 Å². The number of hydrogen-bond acceptors (Lipinski definition) is 3. The standard InChI is InChI=1S/C10H7F2N3O2/c11-9(12)8-7(10(16)17)5-14-15(8)6-1-3-13-4-2-6/h1-5,9H,(H,16,17). The molecule has 1 N–H and O–H groups in total. The molecule has 17 heavy (non-hydrogen) atoms. The van der Waals surface area contributed by atoms with Crippen molar-refractivity contribution in [3.63, 3.8) is 0 Å². The van der Waals surface area contributed by atoms with Gasteiger partial charge in [-0.25, -0.2) is 18.3 Å². The van der Waals surface area contributed by atoms with Gasteiger partial charge in [0, 0.05) is 12.4 Å². The quantitative estimate of drug-likeness (QED) is 0.888. The predicted octanol–water partition coefficient (Wildman–Crippen LogP) is 1.90. The van der Waals surface area contributed by atoms with E-state index in [1.807, 2.05) is 0 Å². The summed E-state index contributed by atoms with van der Waals surface area (Å²) in [5, 5.41) is 12.4. The molecule has 5 nitrogen and oxygen atoms in total. The Morgan fingerprint density at radius 2 is 2.00 bits per heavy atom. The van der Waals surface area contributed by atoms with Crippen molar-refractivity contribution < 1.29 is 18.7 Å². The second-order valence-corrected chi connectivity index (χ2v) is 3.17.